The molecule has 0 bridgehead atoms. The number of nitro groups is 1. The van der Waals surface area contributed by atoms with Gasteiger partial charge < -0.3 is 15.1 Å². The van der Waals surface area contributed by atoms with Crippen molar-refractivity contribution in [3.63, 3.8) is 0 Å². The summed E-state index contributed by atoms with van der Waals surface area (Å²) in [5.74, 6) is 0. The van der Waals surface area contributed by atoms with Gasteiger partial charge in [-0.15, -0.1) is 0 Å². The van der Waals surface area contributed by atoms with Crippen LogP contribution in [0.4, 0.5) is 11.4 Å². The minimum Gasteiger partial charge on any atom is -0.396 e. The number of benzene rings is 1. The van der Waals surface area contributed by atoms with Gasteiger partial charge >= 0.3 is 0 Å². The van der Waals surface area contributed by atoms with Gasteiger partial charge in [0, 0.05) is 25.3 Å². The van der Waals surface area contributed by atoms with E-state index in [0.717, 1.165) is 0 Å². The lowest BCUT2D eigenvalue weighted by Crippen LogP contribution is -2.32. The molecule has 2 N–H and O–H groups in total. The van der Waals surface area contributed by atoms with E-state index in [1.807, 2.05) is 18.7 Å². The summed E-state index contributed by atoms with van der Waals surface area (Å²) in [6.07, 6.45) is -0.194. The van der Waals surface area contributed by atoms with Crippen LogP contribution in [0.2, 0.25) is 0 Å². The van der Waals surface area contributed by atoms with Gasteiger partial charge in [-0.25, -0.2) is 0 Å². The Bertz CT molecular complexity index is 460. The standard InChI is InChI=1S/C14H22N2O4/c1-10(2)15(7-4-8-17)13-6-5-12(11(3)18)9-14(13)16(19)20/h5-6,9-11,17-18H,4,7-8H2,1-3H3/t11-/m0/s1. The Balaban J connectivity index is 3.22. The van der Waals surface area contributed by atoms with Gasteiger partial charge in [0.25, 0.3) is 5.69 Å². The number of anilines is 1. The Kier molecular flexibility index (Phi) is 5.91. The molecular formula is C14H22N2O4. The fourth-order valence-corrected chi connectivity index (χ4v) is 2.09. The summed E-state index contributed by atoms with van der Waals surface area (Å²) in [6.45, 7) is 6.06. The average Bonchev–Trinajstić information content (AvgIpc) is 2.38. The van der Waals surface area contributed by atoms with Gasteiger partial charge in [0.15, 0.2) is 0 Å². The van der Waals surface area contributed by atoms with Crippen LogP contribution in [0, 0.1) is 10.1 Å². The zero-order valence-electron chi connectivity index (χ0n) is 12.1. The van der Waals surface area contributed by atoms with E-state index in [4.69, 9.17) is 5.11 Å². The van der Waals surface area contributed by atoms with E-state index in [1.165, 1.54) is 6.07 Å². The largest absolute Gasteiger partial charge is 0.396 e. The molecule has 0 fully saturated rings. The second-order valence-corrected chi connectivity index (χ2v) is 5.05. The SMILES string of the molecule is CC(C)N(CCCO)c1ccc([C@H](C)O)cc1[N+](=O)[O-]. The van der Waals surface area contributed by atoms with E-state index in [1.54, 1.807) is 19.1 Å². The Morgan fingerprint density at radius 1 is 1.35 bits per heavy atom. The molecule has 1 aromatic carbocycles. The van der Waals surface area contributed by atoms with Gasteiger partial charge in [0.05, 0.1) is 11.0 Å². The molecule has 20 heavy (non-hydrogen) atoms. The first-order chi connectivity index (χ1) is 9.38. The molecule has 112 valence electrons. The molecule has 1 atom stereocenters. The first-order valence-electron chi connectivity index (χ1n) is 6.72. The van der Waals surface area contributed by atoms with Crippen molar-refractivity contribution in [3.8, 4) is 0 Å². The molecule has 6 heteroatoms. The molecular weight excluding hydrogens is 260 g/mol. The third-order valence-electron chi connectivity index (χ3n) is 3.17. The topological polar surface area (TPSA) is 86.8 Å². The summed E-state index contributed by atoms with van der Waals surface area (Å²) in [5, 5.41) is 29.7. The Morgan fingerprint density at radius 3 is 2.45 bits per heavy atom. The van der Waals surface area contributed by atoms with Crippen molar-refractivity contribution in [1.29, 1.82) is 0 Å². The van der Waals surface area contributed by atoms with Crippen LogP contribution < -0.4 is 4.90 Å². The fourth-order valence-electron chi connectivity index (χ4n) is 2.09. The first kappa shape index (κ1) is 16.4. The average molecular weight is 282 g/mol. The van der Waals surface area contributed by atoms with Crippen LogP contribution in [0.25, 0.3) is 0 Å². The molecule has 6 nitrogen and oxygen atoms in total. The summed E-state index contributed by atoms with van der Waals surface area (Å²) in [4.78, 5) is 12.7. The van der Waals surface area contributed by atoms with Crippen molar-refractivity contribution in [2.24, 2.45) is 0 Å². The summed E-state index contributed by atoms with van der Waals surface area (Å²) in [5.41, 5.74) is 1.02. The van der Waals surface area contributed by atoms with E-state index in [-0.39, 0.29) is 18.3 Å². The van der Waals surface area contributed by atoms with Crippen LogP contribution in [0.1, 0.15) is 38.9 Å². The highest BCUT2D eigenvalue weighted by molar-refractivity contribution is 5.65. The van der Waals surface area contributed by atoms with E-state index in [0.29, 0.717) is 24.2 Å². The molecule has 0 aromatic heterocycles. The highest BCUT2D eigenvalue weighted by Gasteiger charge is 2.22. The van der Waals surface area contributed by atoms with Crippen molar-refractivity contribution < 1.29 is 15.1 Å². The second kappa shape index (κ2) is 7.21. The van der Waals surface area contributed by atoms with Gasteiger partial charge in [0.1, 0.15) is 5.69 Å². The van der Waals surface area contributed by atoms with Crippen molar-refractivity contribution in [1.82, 2.24) is 0 Å². The molecule has 0 spiro atoms. The van der Waals surface area contributed by atoms with Gasteiger partial charge in [-0.1, -0.05) is 6.07 Å². The van der Waals surface area contributed by atoms with E-state index in [9.17, 15) is 15.2 Å². The minimum atomic E-state index is -0.743. The molecule has 0 unspecified atom stereocenters. The number of rotatable bonds is 7. The summed E-state index contributed by atoms with van der Waals surface area (Å²) < 4.78 is 0. The molecule has 1 aromatic rings. The maximum atomic E-state index is 11.2. The van der Waals surface area contributed by atoms with Crippen molar-refractivity contribution in [2.45, 2.75) is 39.3 Å². The van der Waals surface area contributed by atoms with Gasteiger partial charge in [0.2, 0.25) is 0 Å². The maximum absolute atomic E-state index is 11.2. The zero-order chi connectivity index (χ0) is 15.3. The third kappa shape index (κ3) is 3.91. The highest BCUT2D eigenvalue weighted by atomic mass is 16.6. The number of nitro benzene ring substituents is 1. The number of aliphatic hydroxyl groups is 2. The van der Waals surface area contributed by atoms with Crippen molar-refractivity contribution in [3.05, 3.63) is 33.9 Å². The van der Waals surface area contributed by atoms with Crippen LogP contribution in [-0.2, 0) is 0 Å². The molecule has 0 amide bonds. The Labute approximate surface area is 118 Å². The minimum absolute atomic E-state index is 0.0185. The van der Waals surface area contributed by atoms with Crippen molar-refractivity contribution >= 4 is 11.4 Å². The molecule has 0 aliphatic carbocycles. The fraction of sp³-hybridized carbons (Fsp3) is 0.571. The summed E-state index contributed by atoms with van der Waals surface area (Å²) in [6, 6.07) is 4.85. The van der Waals surface area contributed by atoms with E-state index < -0.39 is 11.0 Å². The number of hydrogen-bond donors (Lipinski definition) is 2. The monoisotopic (exact) mass is 282 g/mol. The molecule has 0 aliphatic heterocycles. The highest BCUT2D eigenvalue weighted by Crippen LogP contribution is 2.32. The predicted octanol–water partition coefficient (Wildman–Crippen LogP) is 2.25. The third-order valence-corrected chi connectivity index (χ3v) is 3.17. The van der Waals surface area contributed by atoms with Crippen LogP contribution in [0.5, 0.6) is 0 Å². The molecule has 0 aliphatic rings. The van der Waals surface area contributed by atoms with Gasteiger partial charge in [-0.3, -0.25) is 10.1 Å². The van der Waals surface area contributed by atoms with Crippen LogP contribution in [0.3, 0.4) is 0 Å². The summed E-state index contributed by atoms with van der Waals surface area (Å²) in [7, 11) is 0. The molecule has 1 rings (SSSR count). The van der Waals surface area contributed by atoms with Gasteiger partial charge in [-0.05, 0) is 38.8 Å². The lowest BCUT2D eigenvalue weighted by molar-refractivity contribution is -0.384. The Hall–Kier alpha value is -1.66. The lowest BCUT2D eigenvalue weighted by atomic mass is 10.1. The maximum Gasteiger partial charge on any atom is 0.292 e. The van der Waals surface area contributed by atoms with E-state index in [2.05, 4.69) is 0 Å². The van der Waals surface area contributed by atoms with Crippen molar-refractivity contribution in [2.75, 3.05) is 18.1 Å². The van der Waals surface area contributed by atoms with Crippen LogP contribution in [0.15, 0.2) is 18.2 Å². The zero-order valence-corrected chi connectivity index (χ0v) is 12.1. The Morgan fingerprint density at radius 2 is 2.00 bits per heavy atom. The number of aliphatic hydroxyl groups excluding tert-OH is 2. The van der Waals surface area contributed by atoms with E-state index >= 15 is 0 Å². The predicted molar refractivity (Wildman–Crippen MR) is 77.9 cm³/mol. The molecule has 0 radical (unpaired) electrons. The van der Waals surface area contributed by atoms with Crippen LogP contribution >= 0.6 is 0 Å². The second-order valence-electron chi connectivity index (χ2n) is 5.05. The lowest BCUT2D eigenvalue weighted by Gasteiger charge is -2.28. The van der Waals surface area contributed by atoms with Gasteiger partial charge in [-0.2, -0.15) is 0 Å². The first-order valence-corrected chi connectivity index (χ1v) is 6.72. The summed E-state index contributed by atoms with van der Waals surface area (Å²) >= 11 is 0. The smallest absolute Gasteiger partial charge is 0.292 e. The molecule has 0 saturated heterocycles. The molecule has 0 heterocycles. The number of hydrogen-bond acceptors (Lipinski definition) is 5. The molecule has 0 saturated carbocycles. The normalized spacial score (nSPS) is 12.5. The van der Waals surface area contributed by atoms with Crippen LogP contribution in [-0.4, -0.2) is 34.3 Å². The number of nitrogens with zero attached hydrogens (tertiary/aromatic N) is 2. The quantitative estimate of drug-likeness (QED) is 0.591.